The van der Waals surface area contributed by atoms with E-state index in [-0.39, 0.29) is 5.91 Å². The quantitative estimate of drug-likeness (QED) is 0.846. The predicted octanol–water partition coefficient (Wildman–Crippen LogP) is 2.31. The lowest BCUT2D eigenvalue weighted by atomic mass is 10.1. The molecule has 1 aromatic carbocycles. The highest BCUT2D eigenvalue weighted by Crippen LogP contribution is 2.25. The zero-order chi connectivity index (χ0) is 14.1. The minimum absolute atomic E-state index is 0.0244. The molecule has 1 aliphatic heterocycles. The maximum atomic E-state index is 12.6. The second kappa shape index (κ2) is 5.28. The Kier molecular flexibility index (Phi) is 3.48. The van der Waals surface area contributed by atoms with Crippen LogP contribution in [0, 0.1) is 0 Å². The third kappa shape index (κ3) is 2.31. The second-order valence-corrected chi connectivity index (χ2v) is 5.52. The van der Waals surface area contributed by atoms with Gasteiger partial charge in [0, 0.05) is 30.0 Å². The van der Waals surface area contributed by atoms with E-state index in [1.54, 1.807) is 30.3 Å². The molecule has 2 aromatic rings. The summed E-state index contributed by atoms with van der Waals surface area (Å²) in [5.74, 6) is 1.47. The SMILES string of the molecule is COc1cc(Br)ccc1C(=O)N1CCn2ccnc2C1. The van der Waals surface area contributed by atoms with Gasteiger partial charge in [0.2, 0.25) is 0 Å². The molecule has 6 heteroatoms. The van der Waals surface area contributed by atoms with Crippen LogP contribution < -0.4 is 4.74 Å². The Morgan fingerprint density at radius 3 is 3.05 bits per heavy atom. The highest BCUT2D eigenvalue weighted by Gasteiger charge is 2.24. The van der Waals surface area contributed by atoms with Crippen LogP contribution in [0.1, 0.15) is 16.2 Å². The monoisotopic (exact) mass is 335 g/mol. The van der Waals surface area contributed by atoms with Crippen LogP contribution >= 0.6 is 15.9 Å². The minimum atomic E-state index is -0.0244. The van der Waals surface area contributed by atoms with Gasteiger partial charge < -0.3 is 14.2 Å². The van der Waals surface area contributed by atoms with Gasteiger partial charge in [-0.15, -0.1) is 0 Å². The summed E-state index contributed by atoms with van der Waals surface area (Å²) >= 11 is 3.38. The molecule has 0 radical (unpaired) electrons. The van der Waals surface area contributed by atoms with Crippen molar-refractivity contribution in [2.24, 2.45) is 0 Å². The number of ether oxygens (including phenoxy) is 1. The predicted molar refractivity (Wildman–Crippen MR) is 77.7 cm³/mol. The molecule has 0 fully saturated rings. The molecule has 20 heavy (non-hydrogen) atoms. The molecule has 0 spiro atoms. The summed E-state index contributed by atoms with van der Waals surface area (Å²) in [6.07, 6.45) is 3.71. The van der Waals surface area contributed by atoms with E-state index >= 15 is 0 Å². The maximum absolute atomic E-state index is 12.6. The van der Waals surface area contributed by atoms with Crippen molar-refractivity contribution in [1.82, 2.24) is 14.5 Å². The fourth-order valence-corrected chi connectivity index (χ4v) is 2.70. The molecule has 2 heterocycles. The Bertz CT molecular complexity index is 654. The van der Waals surface area contributed by atoms with Crippen LogP contribution in [0.5, 0.6) is 5.75 Å². The molecule has 104 valence electrons. The maximum Gasteiger partial charge on any atom is 0.258 e. The van der Waals surface area contributed by atoms with Crippen LogP contribution in [0.3, 0.4) is 0 Å². The molecule has 0 bridgehead atoms. The summed E-state index contributed by atoms with van der Waals surface area (Å²) in [6.45, 7) is 1.99. The molecule has 0 aliphatic carbocycles. The zero-order valence-electron chi connectivity index (χ0n) is 11.0. The molecule has 0 N–H and O–H groups in total. The van der Waals surface area contributed by atoms with Crippen molar-refractivity contribution >= 4 is 21.8 Å². The van der Waals surface area contributed by atoms with Crippen molar-refractivity contribution in [1.29, 1.82) is 0 Å². The van der Waals surface area contributed by atoms with Gasteiger partial charge in [0.15, 0.2) is 0 Å². The first-order valence-electron chi connectivity index (χ1n) is 6.32. The fraction of sp³-hybridized carbons (Fsp3) is 0.286. The van der Waals surface area contributed by atoms with Crippen LogP contribution in [0.15, 0.2) is 35.1 Å². The lowest BCUT2D eigenvalue weighted by Gasteiger charge is -2.28. The van der Waals surface area contributed by atoms with E-state index in [1.165, 1.54) is 0 Å². The largest absolute Gasteiger partial charge is 0.496 e. The number of benzene rings is 1. The van der Waals surface area contributed by atoms with E-state index in [9.17, 15) is 4.79 Å². The van der Waals surface area contributed by atoms with Crippen molar-refractivity contribution in [3.8, 4) is 5.75 Å². The number of hydrogen-bond acceptors (Lipinski definition) is 3. The van der Waals surface area contributed by atoms with Gasteiger partial charge in [0.05, 0.1) is 19.2 Å². The van der Waals surface area contributed by atoms with Gasteiger partial charge in [-0.2, -0.15) is 0 Å². The second-order valence-electron chi connectivity index (χ2n) is 4.61. The third-order valence-corrected chi connectivity index (χ3v) is 3.92. The van der Waals surface area contributed by atoms with Gasteiger partial charge in [-0.25, -0.2) is 4.98 Å². The number of halogens is 1. The normalized spacial score (nSPS) is 14.0. The van der Waals surface area contributed by atoms with E-state index in [1.807, 2.05) is 12.3 Å². The Morgan fingerprint density at radius 1 is 1.40 bits per heavy atom. The van der Waals surface area contributed by atoms with Crippen LogP contribution in [0.4, 0.5) is 0 Å². The Hall–Kier alpha value is -1.82. The first kappa shape index (κ1) is 13.2. The minimum Gasteiger partial charge on any atom is -0.496 e. The van der Waals surface area contributed by atoms with Gasteiger partial charge in [-0.1, -0.05) is 15.9 Å². The molecular formula is C14H14BrN3O2. The van der Waals surface area contributed by atoms with E-state index in [4.69, 9.17) is 4.74 Å². The van der Waals surface area contributed by atoms with Crippen molar-refractivity contribution < 1.29 is 9.53 Å². The molecule has 0 unspecified atom stereocenters. The first-order valence-corrected chi connectivity index (χ1v) is 7.11. The van der Waals surface area contributed by atoms with Crippen molar-refractivity contribution in [3.63, 3.8) is 0 Å². The number of carbonyl (C=O) groups is 1. The highest BCUT2D eigenvalue weighted by atomic mass is 79.9. The number of nitrogens with zero attached hydrogens (tertiary/aromatic N) is 3. The number of rotatable bonds is 2. The Balaban J connectivity index is 1.87. The number of hydrogen-bond donors (Lipinski definition) is 0. The molecule has 1 aliphatic rings. The zero-order valence-corrected chi connectivity index (χ0v) is 12.6. The summed E-state index contributed by atoms with van der Waals surface area (Å²) in [4.78, 5) is 18.7. The summed E-state index contributed by atoms with van der Waals surface area (Å²) in [5.41, 5.74) is 0.579. The third-order valence-electron chi connectivity index (χ3n) is 3.43. The van der Waals surface area contributed by atoms with Crippen LogP contribution in [0.25, 0.3) is 0 Å². The highest BCUT2D eigenvalue weighted by molar-refractivity contribution is 9.10. The number of amides is 1. The van der Waals surface area contributed by atoms with Gasteiger partial charge in [-0.3, -0.25) is 4.79 Å². The summed E-state index contributed by atoms with van der Waals surface area (Å²) in [6, 6.07) is 5.44. The average Bonchev–Trinajstić information content (AvgIpc) is 2.93. The molecule has 0 atom stereocenters. The number of aromatic nitrogens is 2. The van der Waals surface area contributed by atoms with Crippen LogP contribution in [0.2, 0.25) is 0 Å². The van der Waals surface area contributed by atoms with E-state index in [0.717, 1.165) is 16.8 Å². The Labute approximate surface area is 125 Å². The molecule has 0 saturated carbocycles. The molecule has 1 aromatic heterocycles. The lowest BCUT2D eigenvalue weighted by Crippen LogP contribution is -2.38. The van der Waals surface area contributed by atoms with E-state index < -0.39 is 0 Å². The standard InChI is InChI=1S/C14H14BrN3O2/c1-20-12-8-10(15)2-3-11(12)14(19)18-7-6-17-5-4-16-13(17)9-18/h2-5,8H,6-7,9H2,1H3. The first-order chi connectivity index (χ1) is 9.69. The lowest BCUT2D eigenvalue weighted by molar-refractivity contribution is 0.0704. The van der Waals surface area contributed by atoms with Gasteiger partial charge in [0.25, 0.3) is 5.91 Å². The van der Waals surface area contributed by atoms with E-state index in [0.29, 0.717) is 24.4 Å². The van der Waals surface area contributed by atoms with Gasteiger partial charge in [0.1, 0.15) is 11.6 Å². The molecular weight excluding hydrogens is 322 g/mol. The molecule has 1 amide bonds. The molecule has 5 nitrogen and oxygen atoms in total. The number of methoxy groups -OCH3 is 1. The smallest absolute Gasteiger partial charge is 0.258 e. The topological polar surface area (TPSA) is 47.4 Å². The average molecular weight is 336 g/mol. The van der Waals surface area contributed by atoms with Crippen molar-refractivity contribution in [2.75, 3.05) is 13.7 Å². The van der Waals surface area contributed by atoms with Crippen molar-refractivity contribution in [2.45, 2.75) is 13.1 Å². The van der Waals surface area contributed by atoms with Gasteiger partial charge in [-0.05, 0) is 18.2 Å². The van der Waals surface area contributed by atoms with Crippen LogP contribution in [-0.4, -0.2) is 34.0 Å². The summed E-state index contributed by atoms with van der Waals surface area (Å²) < 4.78 is 8.26. The number of imidazole rings is 1. The molecule has 3 rings (SSSR count). The molecule has 0 saturated heterocycles. The van der Waals surface area contributed by atoms with Crippen molar-refractivity contribution in [3.05, 3.63) is 46.5 Å². The summed E-state index contributed by atoms with van der Waals surface area (Å²) in [5, 5.41) is 0. The van der Waals surface area contributed by atoms with E-state index in [2.05, 4.69) is 25.5 Å². The van der Waals surface area contributed by atoms with Gasteiger partial charge >= 0.3 is 0 Å². The Morgan fingerprint density at radius 2 is 2.25 bits per heavy atom. The summed E-state index contributed by atoms with van der Waals surface area (Å²) in [7, 11) is 1.57. The number of carbonyl (C=O) groups excluding carboxylic acids is 1. The van der Waals surface area contributed by atoms with Crippen LogP contribution in [-0.2, 0) is 13.1 Å². The number of fused-ring (bicyclic) bond motifs is 1. The fourth-order valence-electron chi connectivity index (χ4n) is 2.36.